The zero-order chi connectivity index (χ0) is 12.8. The lowest BCUT2D eigenvalue weighted by Crippen LogP contribution is -2.41. The first-order valence-corrected chi connectivity index (χ1v) is 5.81. The maximum Gasteiger partial charge on any atom is 0.156 e. The second-order valence-electron chi connectivity index (χ2n) is 4.35. The molecule has 1 aromatic carbocycles. The molecule has 0 aliphatic carbocycles. The topological polar surface area (TPSA) is 61.9 Å². The van der Waals surface area contributed by atoms with E-state index in [1.165, 1.54) is 11.1 Å². The number of nitrogens with zero attached hydrogens (tertiary/aromatic N) is 2. The summed E-state index contributed by atoms with van der Waals surface area (Å²) in [5.41, 5.74) is 8.14. The Balaban J connectivity index is 2.70. The Labute approximate surface area is 103 Å². The molecule has 4 heteroatoms. The Kier molecular flexibility index (Phi) is 4.97. The highest BCUT2D eigenvalue weighted by Crippen LogP contribution is 2.10. The Morgan fingerprint density at radius 1 is 1.41 bits per heavy atom. The highest BCUT2D eigenvalue weighted by Gasteiger charge is 2.17. The van der Waals surface area contributed by atoms with E-state index in [4.69, 9.17) is 10.9 Å². The van der Waals surface area contributed by atoms with Gasteiger partial charge in [-0.1, -0.05) is 41.9 Å². The molecule has 0 saturated carbocycles. The molecule has 4 nitrogen and oxygen atoms in total. The van der Waals surface area contributed by atoms with Gasteiger partial charge in [-0.2, -0.15) is 0 Å². The van der Waals surface area contributed by atoms with Crippen LogP contribution in [0.25, 0.3) is 0 Å². The molecule has 0 radical (unpaired) electrons. The number of hydrogen-bond acceptors (Lipinski definition) is 3. The molecule has 94 valence electrons. The van der Waals surface area contributed by atoms with Crippen molar-refractivity contribution in [3.8, 4) is 0 Å². The van der Waals surface area contributed by atoms with E-state index in [0.29, 0.717) is 0 Å². The van der Waals surface area contributed by atoms with E-state index >= 15 is 0 Å². The second kappa shape index (κ2) is 6.25. The molecule has 17 heavy (non-hydrogen) atoms. The maximum absolute atomic E-state index is 8.72. The monoisotopic (exact) mass is 235 g/mol. The fourth-order valence-electron chi connectivity index (χ4n) is 1.90. The quantitative estimate of drug-likeness (QED) is 0.355. The van der Waals surface area contributed by atoms with E-state index in [1.807, 2.05) is 14.0 Å². The molecule has 1 aromatic rings. The molecule has 1 rings (SSSR count). The molecule has 0 heterocycles. The molecule has 1 atom stereocenters. The zero-order valence-electron chi connectivity index (χ0n) is 10.7. The average Bonchev–Trinajstić information content (AvgIpc) is 2.32. The van der Waals surface area contributed by atoms with E-state index < -0.39 is 0 Å². The van der Waals surface area contributed by atoms with Gasteiger partial charge in [0.05, 0.1) is 6.04 Å². The molecule has 0 spiro atoms. The third kappa shape index (κ3) is 3.75. The van der Waals surface area contributed by atoms with Crippen molar-refractivity contribution in [3.05, 3.63) is 35.4 Å². The fourth-order valence-corrected chi connectivity index (χ4v) is 1.90. The number of hydrogen-bond donors (Lipinski definition) is 2. The van der Waals surface area contributed by atoms with E-state index in [2.05, 4.69) is 41.2 Å². The number of benzene rings is 1. The summed E-state index contributed by atoms with van der Waals surface area (Å²) in [4.78, 5) is 2.08. The van der Waals surface area contributed by atoms with Crippen LogP contribution in [-0.4, -0.2) is 29.0 Å². The maximum atomic E-state index is 8.72. The number of amidine groups is 1. The summed E-state index contributed by atoms with van der Waals surface area (Å²) in [5, 5.41) is 11.8. The van der Waals surface area contributed by atoms with Crippen molar-refractivity contribution >= 4 is 5.84 Å². The summed E-state index contributed by atoms with van der Waals surface area (Å²) in [7, 11) is 1.98. The minimum Gasteiger partial charge on any atom is -0.409 e. The molecule has 0 aromatic heterocycles. The molecule has 3 N–H and O–H groups in total. The highest BCUT2D eigenvalue weighted by molar-refractivity contribution is 5.85. The minimum atomic E-state index is -0.0266. The van der Waals surface area contributed by atoms with Gasteiger partial charge in [-0.15, -0.1) is 0 Å². The van der Waals surface area contributed by atoms with Crippen LogP contribution in [0.5, 0.6) is 0 Å². The first kappa shape index (κ1) is 13.5. The number of rotatable bonds is 5. The predicted octanol–water partition coefficient (Wildman–Crippen LogP) is 1.95. The van der Waals surface area contributed by atoms with E-state index in [0.717, 1.165) is 13.0 Å². The largest absolute Gasteiger partial charge is 0.409 e. The number of likely N-dealkylation sites (N-methyl/N-ethyl adjacent to an activating group) is 1. The summed E-state index contributed by atoms with van der Waals surface area (Å²) in [5.74, 6) is 0.266. The normalized spacial score (nSPS) is 14.0. The van der Waals surface area contributed by atoms with Crippen molar-refractivity contribution < 1.29 is 5.21 Å². The first-order chi connectivity index (χ1) is 8.08. The van der Waals surface area contributed by atoms with Crippen LogP contribution in [0.1, 0.15) is 24.5 Å². The van der Waals surface area contributed by atoms with Crippen LogP contribution < -0.4 is 5.73 Å². The lowest BCUT2D eigenvalue weighted by molar-refractivity contribution is 0.264. The Morgan fingerprint density at radius 2 is 2.00 bits per heavy atom. The lowest BCUT2D eigenvalue weighted by atomic mass is 10.1. The first-order valence-electron chi connectivity index (χ1n) is 5.81. The van der Waals surface area contributed by atoms with Gasteiger partial charge in [-0.25, -0.2) is 0 Å². The van der Waals surface area contributed by atoms with Gasteiger partial charge in [0.15, 0.2) is 5.84 Å². The Bertz CT molecular complexity index is 373. The molecule has 0 aliphatic rings. The van der Waals surface area contributed by atoms with Crippen molar-refractivity contribution in [2.75, 3.05) is 7.05 Å². The molecule has 1 unspecified atom stereocenters. The molecule has 0 fully saturated rings. The SMILES string of the molecule is CCC(C(N)=NO)N(C)Cc1ccc(C)cc1. The summed E-state index contributed by atoms with van der Waals surface area (Å²) >= 11 is 0. The van der Waals surface area contributed by atoms with Crippen LogP contribution in [0.3, 0.4) is 0 Å². The molecule has 0 bridgehead atoms. The zero-order valence-corrected chi connectivity index (χ0v) is 10.7. The van der Waals surface area contributed by atoms with Gasteiger partial charge >= 0.3 is 0 Å². The number of nitrogens with two attached hydrogens (primary N) is 1. The van der Waals surface area contributed by atoms with Crippen LogP contribution in [-0.2, 0) is 6.54 Å². The second-order valence-corrected chi connectivity index (χ2v) is 4.35. The molecule has 0 saturated heterocycles. The average molecular weight is 235 g/mol. The van der Waals surface area contributed by atoms with Crippen molar-refractivity contribution in [3.63, 3.8) is 0 Å². The van der Waals surface area contributed by atoms with Crippen molar-refractivity contribution in [2.45, 2.75) is 32.9 Å². The van der Waals surface area contributed by atoms with Gasteiger partial charge in [0.1, 0.15) is 0 Å². The third-order valence-corrected chi connectivity index (χ3v) is 2.93. The van der Waals surface area contributed by atoms with Gasteiger partial charge < -0.3 is 10.9 Å². The van der Waals surface area contributed by atoms with Crippen molar-refractivity contribution in [2.24, 2.45) is 10.9 Å². The van der Waals surface area contributed by atoms with Crippen LogP contribution in [0.4, 0.5) is 0 Å². The summed E-state index contributed by atoms with van der Waals surface area (Å²) in [6.07, 6.45) is 0.818. The van der Waals surface area contributed by atoms with Crippen LogP contribution in [0.2, 0.25) is 0 Å². The smallest absolute Gasteiger partial charge is 0.156 e. The molecule has 0 aliphatic heterocycles. The van der Waals surface area contributed by atoms with E-state index in [-0.39, 0.29) is 11.9 Å². The molecule has 0 amide bonds. The fraction of sp³-hybridized carbons (Fsp3) is 0.462. The van der Waals surface area contributed by atoms with E-state index in [1.54, 1.807) is 0 Å². The van der Waals surface area contributed by atoms with Gasteiger partial charge in [0.25, 0.3) is 0 Å². The van der Waals surface area contributed by atoms with E-state index in [9.17, 15) is 0 Å². The third-order valence-electron chi connectivity index (χ3n) is 2.93. The predicted molar refractivity (Wildman–Crippen MR) is 70.1 cm³/mol. The van der Waals surface area contributed by atoms with Gasteiger partial charge in [0.2, 0.25) is 0 Å². The van der Waals surface area contributed by atoms with Gasteiger partial charge in [-0.3, -0.25) is 4.90 Å². The molecular weight excluding hydrogens is 214 g/mol. The van der Waals surface area contributed by atoms with Crippen LogP contribution >= 0.6 is 0 Å². The summed E-state index contributed by atoms with van der Waals surface area (Å²) in [6, 6.07) is 8.36. The number of aryl methyl sites for hydroxylation is 1. The van der Waals surface area contributed by atoms with Gasteiger partial charge in [0, 0.05) is 6.54 Å². The summed E-state index contributed by atoms with van der Waals surface area (Å²) in [6.45, 7) is 4.88. The summed E-state index contributed by atoms with van der Waals surface area (Å²) < 4.78 is 0. The number of oxime groups is 1. The van der Waals surface area contributed by atoms with Crippen molar-refractivity contribution in [1.29, 1.82) is 0 Å². The van der Waals surface area contributed by atoms with Crippen LogP contribution in [0.15, 0.2) is 29.4 Å². The lowest BCUT2D eigenvalue weighted by Gasteiger charge is -2.25. The van der Waals surface area contributed by atoms with Gasteiger partial charge in [-0.05, 0) is 26.0 Å². The Morgan fingerprint density at radius 3 is 2.47 bits per heavy atom. The molecular formula is C13H21N3O. The minimum absolute atomic E-state index is 0.0266. The Hall–Kier alpha value is -1.55. The van der Waals surface area contributed by atoms with Crippen LogP contribution in [0, 0.1) is 6.92 Å². The highest BCUT2D eigenvalue weighted by atomic mass is 16.4. The van der Waals surface area contributed by atoms with Crippen molar-refractivity contribution in [1.82, 2.24) is 4.90 Å². The standard InChI is InChI=1S/C13H21N3O/c1-4-12(13(14)15-17)16(3)9-11-7-5-10(2)6-8-11/h5-8,12,17H,4,9H2,1-3H3,(H2,14,15).